The average Bonchev–Trinajstić information content (AvgIpc) is 3.15. The van der Waals surface area contributed by atoms with Crippen LogP contribution in [0.4, 0.5) is 0 Å². The standard InChI is InChI=1S/C14H23N3O3S/c18-13(11-9-21-10-15-11)16-4-2-5-17(7-6-16)14(19)12-3-1-8-20-12/h11-12,15H,1-10H2. The van der Waals surface area contributed by atoms with E-state index in [-0.39, 0.29) is 24.0 Å². The smallest absolute Gasteiger partial charge is 0.251 e. The predicted molar refractivity (Wildman–Crippen MR) is 81.0 cm³/mol. The molecule has 3 rings (SSSR count). The molecule has 118 valence electrons. The number of amides is 2. The first-order valence-corrected chi connectivity index (χ1v) is 8.91. The topological polar surface area (TPSA) is 61.9 Å². The van der Waals surface area contributed by atoms with Crippen molar-refractivity contribution in [2.45, 2.75) is 31.4 Å². The Balaban J connectivity index is 1.53. The van der Waals surface area contributed by atoms with E-state index in [9.17, 15) is 9.59 Å². The van der Waals surface area contributed by atoms with Gasteiger partial charge >= 0.3 is 0 Å². The van der Waals surface area contributed by atoms with Crippen molar-refractivity contribution in [1.82, 2.24) is 15.1 Å². The van der Waals surface area contributed by atoms with Crippen LogP contribution in [0, 0.1) is 0 Å². The van der Waals surface area contributed by atoms with Crippen molar-refractivity contribution in [2.75, 3.05) is 44.4 Å². The van der Waals surface area contributed by atoms with Crippen LogP contribution < -0.4 is 5.32 Å². The maximum atomic E-state index is 12.4. The Labute approximate surface area is 129 Å². The van der Waals surface area contributed by atoms with Crippen molar-refractivity contribution in [1.29, 1.82) is 0 Å². The van der Waals surface area contributed by atoms with E-state index in [4.69, 9.17) is 4.74 Å². The van der Waals surface area contributed by atoms with Gasteiger partial charge in [0.15, 0.2) is 0 Å². The molecule has 2 atom stereocenters. The fourth-order valence-electron chi connectivity index (χ4n) is 3.11. The Bertz CT molecular complexity index is 359. The number of hydrogen-bond donors (Lipinski definition) is 1. The van der Waals surface area contributed by atoms with E-state index in [2.05, 4.69) is 5.32 Å². The van der Waals surface area contributed by atoms with E-state index in [1.54, 1.807) is 11.8 Å². The summed E-state index contributed by atoms with van der Waals surface area (Å²) in [5.74, 6) is 2.00. The van der Waals surface area contributed by atoms with Crippen molar-refractivity contribution in [2.24, 2.45) is 0 Å². The van der Waals surface area contributed by atoms with Gasteiger partial charge in [-0.25, -0.2) is 0 Å². The fourth-order valence-corrected chi connectivity index (χ4v) is 4.04. The SMILES string of the molecule is O=C(C1CSCN1)N1CCCN(C(=O)C2CCCO2)CC1. The molecule has 0 aromatic rings. The summed E-state index contributed by atoms with van der Waals surface area (Å²) in [5, 5.41) is 3.22. The van der Waals surface area contributed by atoms with Gasteiger partial charge in [-0.15, -0.1) is 11.8 Å². The van der Waals surface area contributed by atoms with Crippen LogP contribution in [-0.2, 0) is 14.3 Å². The molecule has 0 radical (unpaired) electrons. The van der Waals surface area contributed by atoms with E-state index in [1.165, 1.54) is 0 Å². The minimum absolute atomic E-state index is 0.0459. The van der Waals surface area contributed by atoms with Crippen LogP contribution in [0.25, 0.3) is 0 Å². The Morgan fingerprint density at radius 1 is 1.05 bits per heavy atom. The lowest BCUT2D eigenvalue weighted by atomic mass is 10.2. The summed E-state index contributed by atoms with van der Waals surface area (Å²) < 4.78 is 5.48. The molecule has 0 aromatic carbocycles. The molecule has 1 N–H and O–H groups in total. The van der Waals surface area contributed by atoms with Gasteiger partial charge in [0.2, 0.25) is 5.91 Å². The fraction of sp³-hybridized carbons (Fsp3) is 0.857. The van der Waals surface area contributed by atoms with Crippen molar-refractivity contribution < 1.29 is 14.3 Å². The molecular weight excluding hydrogens is 290 g/mol. The Morgan fingerprint density at radius 3 is 2.43 bits per heavy atom. The highest BCUT2D eigenvalue weighted by molar-refractivity contribution is 7.99. The van der Waals surface area contributed by atoms with Gasteiger partial charge in [0.1, 0.15) is 6.10 Å². The molecule has 3 heterocycles. The zero-order valence-electron chi connectivity index (χ0n) is 12.3. The minimum Gasteiger partial charge on any atom is -0.368 e. The largest absolute Gasteiger partial charge is 0.368 e. The highest BCUT2D eigenvalue weighted by atomic mass is 32.2. The van der Waals surface area contributed by atoms with Gasteiger partial charge in [0.25, 0.3) is 5.91 Å². The van der Waals surface area contributed by atoms with Crippen molar-refractivity contribution in [3.63, 3.8) is 0 Å². The number of nitrogens with one attached hydrogen (secondary N) is 1. The molecule has 3 aliphatic rings. The molecule has 3 aliphatic heterocycles. The van der Waals surface area contributed by atoms with E-state index < -0.39 is 0 Å². The van der Waals surface area contributed by atoms with Gasteiger partial charge in [0, 0.05) is 44.4 Å². The summed E-state index contributed by atoms with van der Waals surface area (Å²) in [6, 6.07) is -0.0459. The molecule has 3 saturated heterocycles. The summed E-state index contributed by atoms with van der Waals surface area (Å²) >= 11 is 1.76. The van der Waals surface area contributed by atoms with Crippen LogP contribution in [0.1, 0.15) is 19.3 Å². The van der Waals surface area contributed by atoms with Crippen LogP contribution in [0.3, 0.4) is 0 Å². The zero-order valence-corrected chi connectivity index (χ0v) is 13.1. The van der Waals surface area contributed by atoms with Gasteiger partial charge < -0.3 is 14.5 Å². The summed E-state index contributed by atoms with van der Waals surface area (Å²) in [5.41, 5.74) is 0. The number of carbonyl (C=O) groups is 2. The first-order chi connectivity index (χ1) is 10.3. The average molecular weight is 313 g/mol. The number of thioether (sulfide) groups is 1. The minimum atomic E-state index is -0.250. The summed E-state index contributed by atoms with van der Waals surface area (Å²) in [7, 11) is 0. The molecule has 0 spiro atoms. The quantitative estimate of drug-likeness (QED) is 0.771. The van der Waals surface area contributed by atoms with E-state index in [0.717, 1.165) is 44.0 Å². The third-order valence-electron chi connectivity index (χ3n) is 4.34. The van der Waals surface area contributed by atoms with Crippen molar-refractivity contribution in [3.8, 4) is 0 Å². The van der Waals surface area contributed by atoms with Crippen LogP contribution >= 0.6 is 11.8 Å². The van der Waals surface area contributed by atoms with Crippen molar-refractivity contribution >= 4 is 23.6 Å². The highest BCUT2D eigenvalue weighted by Gasteiger charge is 2.32. The van der Waals surface area contributed by atoms with Gasteiger partial charge in [-0.05, 0) is 19.3 Å². The first-order valence-electron chi connectivity index (χ1n) is 7.76. The second-order valence-corrected chi connectivity index (χ2v) is 6.81. The molecule has 0 bridgehead atoms. The number of hydrogen-bond acceptors (Lipinski definition) is 5. The normalized spacial score (nSPS) is 30.5. The molecule has 7 heteroatoms. The maximum absolute atomic E-state index is 12.4. The Kier molecular flexibility index (Phi) is 5.03. The van der Waals surface area contributed by atoms with Gasteiger partial charge in [-0.1, -0.05) is 0 Å². The zero-order chi connectivity index (χ0) is 14.7. The monoisotopic (exact) mass is 313 g/mol. The van der Waals surface area contributed by atoms with Gasteiger partial charge in [-0.2, -0.15) is 0 Å². The number of carbonyl (C=O) groups excluding carboxylic acids is 2. The van der Waals surface area contributed by atoms with Crippen LogP contribution in [0.2, 0.25) is 0 Å². The van der Waals surface area contributed by atoms with Crippen LogP contribution in [-0.4, -0.2) is 78.2 Å². The second-order valence-electron chi connectivity index (χ2n) is 5.78. The molecule has 6 nitrogen and oxygen atoms in total. The highest BCUT2D eigenvalue weighted by Crippen LogP contribution is 2.17. The molecule has 0 saturated carbocycles. The lowest BCUT2D eigenvalue weighted by Gasteiger charge is -2.25. The molecule has 0 aromatic heterocycles. The van der Waals surface area contributed by atoms with E-state index in [1.807, 2.05) is 9.80 Å². The Morgan fingerprint density at radius 2 is 1.81 bits per heavy atom. The molecule has 2 amide bonds. The molecule has 3 fully saturated rings. The number of ether oxygens (including phenoxy) is 1. The molecule has 0 aliphatic carbocycles. The van der Waals surface area contributed by atoms with Crippen molar-refractivity contribution in [3.05, 3.63) is 0 Å². The third-order valence-corrected chi connectivity index (χ3v) is 5.28. The lowest BCUT2D eigenvalue weighted by molar-refractivity contribution is -0.141. The number of rotatable bonds is 2. The summed E-state index contributed by atoms with van der Waals surface area (Å²) in [4.78, 5) is 28.6. The van der Waals surface area contributed by atoms with Crippen LogP contribution in [0.15, 0.2) is 0 Å². The summed E-state index contributed by atoms with van der Waals surface area (Å²) in [6.45, 7) is 3.44. The molecular formula is C14H23N3O3S. The summed E-state index contributed by atoms with van der Waals surface area (Å²) in [6.07, 6.45) is 2.41. The predicted octanol–water partition coefficient (Wildman–Crippen LogP) is -0.111. The van der Waals surface area contributed by atoms with Gasteiger partial charge in [-0.3, -0.25) is 14.9 Å². The number of nitrogens with zero attached hydrogens (tertiary/aromatic N) is 2. The first kappa shape index (κ1) is 15.1. The Hall–Kier alpha value is -0.790. The van der Waals surface area contributed by atoms with E-state index >= 15 is 0 Å². The molecule has 2 unspecified atom stereocenters. The van der Waals surface area contributed by atoms with Crippen LogP contribution in [0.5, 0.6) is 0 Å². The second kappa shape index (κ2) is 6.98. The van der Waals surface area contributed by atoms with Gasteiger partial charge in [0.05, 0.1) is 6.04 Å². The van der Waals surface area contributed by atoms with E-state index in [0.29, 0.717) is 19.7 Å². The maximum Gasteiger partial charge on any atom is 0.251 e. The molecule has 21 heavy (non-hydrogen) atoms. The third kappa shape index (κ3) is 3.52. The lowest BCUT2D eigenvalue weighted by Crippen LogP contribution is -2.47.